The van der Waals surface area contributed by atoms with Crippen LogP contribution >= 0.6 is 43.6 Å². The number of benzene rings is 3. The standard InChI is InChI=1S/C28H19Br2FN2O3S/c29-23-13-19(14-24(30)26(23)36-17-18-8-10-20(31)11-9-18)15-25-27(34)33(16-22-7-4-12-35-22)28(37-25)32-21-5-2-1-3-6-21/h1-15H,16-17H2/b25-15-,32-28?. The summed E-state index contributed by atoms with van der Waals surface area (Å²) in [6.45, 7) is 0.568. The summed E-state index contributed by atoms with van der Waals surface area (Å²) in [7, 11) is 0. The van der Waals surface area contributed by atoms with Gasteiger partial charge in [0, 0.05) is 0 Å². The molecule has 0 N–H and O–H groups in total. The molecule has 0 atom stereocenters. The van der Waals surface area contributed by atoms with E-state index in [4.69, 9.17) is 14.1 Å². The maximum absolute atomic E-state index is 13.4. The molecule has 186 valence electrons. The first-order valence-corrected chi connectivity index (χ1v) is 13.6. The minimum absolute atomic E-state index is 0.153. The number of carbonyl (C=O) groups is 1. The summed E-state index contributed by atoms with van der Waals surface area (Å²) in [6.07, 6.45) is 3.41. The topological polar surface area (TPSA) is 55.0 Å². The molecular weight excluding hydrogens is 623 g/mol. The van der Waals surface area contributed by atoms with Crippen LogP contribution in [0.4, 0.5) is 10.1 Å². The number of nitrogens with zero attached hydrogens (tertiary/aromatic N) is 2. The molecule has 0 saturated carbocycles. The summed E-state index contributed by atoms with van der Waals surface area (Å²) in [6, 6.07) is 23.1. The van der Waals surface area contributed by atoms with Crippen molar-refractivity contribution >= 4 is 66.5 Å². The zero-order valence-corrected chi connectivity index (χ0v) is 23.2. The monoisotopic (exact) mass is 640 g/mol. The number of halogens is 3. The second-order valence-corrected chi connectivity index (χ2v) is 10.8. The first-order chi connectivity index (χ1) is 18.0. The average molecular weight is 642 g/mol. The molecule has 3 aromatic carbocycles. The maximum atomic E-state index is 13.4. The van der Waals surface area contributed by atoms with E-state index in [0.29, 0.717) is 21.6 Å². The third kappa shape index (κ3) is 6.23. The van der Waals surface area contributed by atoms with Crippen molar-refractivity contribution in [3.05, 3.63) is 122 Å². The molecule has 5 nitrogen and oxygen atoms in total. The molecule has 9 heteroatoms. The van der Waals surface area contributed by atoms with Gasteiger partial charge in [-0.05, 0) is 109 Å². The number of thioether (sulfide) groups is 1. The molecule has 5 rings (SSSR count). The number of ether oxygens (including phenoxy) is 1. The summed E-state index contributed by atoms with van der Waals surface area (Å²) in [5, 5.41) is 0.580. The number of carbonyl (C=O) groups excluding carboxylic acids is 1. The van der Waals surface area contributed by atoms with Gasteiger partial charge >= 0.3 is 0 Å². The molecule has 2 heterocycles. The van der Waals surface area contributed by atoms with Crippen LogP contribution in [0, 0.1) is 5.82 Å². The number of para-hydroxylation sites is 1. The predicted octanol–water partition coefficient (Wildman–Crippen LogP) is 8.33. The lowest BCUT2D eigenvalue weighted by atomic mass is 10.2. The Labute approximate surface area is 234 Å². The van der Waals surface area contributed by atoms with Crippen LogP contribution in [0.15, 0.2) is 108 Å². The molecule has 1 aliphatic heterocycles. The fourth-order valence-electron chi connectivity index (χ4n) is 3.59. The van der Waals surface area contributed by atoms with Gasteiger partial charge in [0.05, 0.1) is 32.3 Å². The Morgan fingerprint density at radius 1 is 1.00 bits per heavy atom. The van der Waals surface area contributed by atoms with Crippen LogP contribution in [0.3, 0.4) is 0 Å². The highest BCUT2D eigenvalue weighted by atomic mass is 79.9. The van der Waals surface area contributed by atoms with Crippen molar-refractivity contribution in [2.24, 2.45) is 4.99 Å². The lowest BCUT2D eigenvalue weighted by Crippen LogP contribution is -2.28. The van der Waals surface area contributed by atoms with Crippen LogP contribution in [0.2, 0.25) is 0 Å². The summed E-state index contributed by atoms with van der Waals surface area (Å²) >= 11 is 8.46. The number of amidine groups is 1. The molecule has 1 saturated heterocycles. The van der Waals surface area contributed by atoms with Crippen molar-refractivity contribution < 1.29 is 18.3 Å². The minimum atomic E-state index is -0.289. The van der Waals surface area contributed by atoms with Crippen LogP contribution in [-0.2, 0) is 17.9 Å². The highest BCUT2D eigenvalue weighted by Gasteiger charge is 2.34. The van der Waals surface area contributed by atoms with Crippen molar-refractivity contribution in [2.75, 3.05) is 0 Å². The molecule has 0 bridgehead atoms. The lowest BCUT2D eigenvalue weighted by Gasteiger charge is -2.13. The van der Waals surface area contributed by atoms with Crippen LogP contribution < -0.4 is 4.74 Å². The Hall–Kier alpha value is -3.14. The van der Waals surface area contributed by atoms with Crippen molar-refractivity contribution in [1.29, 1.82) is 0 Å². The van der Waals surface area contributed by atoms with Gasteiger partial charge in [-0.25, -0.2) is 9.38 Å². The second-order valence-electron chi connectivity index (χ2n) is 8.04. The maximum Gasteiger partial charge on any atom is 0.267 e. The summed E-state index contributed by atoms with van der Waals surface area (Å²) in [5.74, 6) is 0.842. The van der Waals surface area contributed by atoms with E-state index in [0.717, 1.165) is 25.8 Å². The summed E-state index contributed by atoms with van der Waals surface area (Å²) in [5.41, 5.74) is 2.42. The third-order valence-electron chi connectivity index (χ3n) is 5.38. The Bertz CT molecular complexity index is 1450. The van der Waals surface area contributed by atoms with Gasteiger partial charge in [0.25, 0.3) is 5.91 Å². The van der Waals surface area contributed by atoms with Crippen LogP contribution in [-0.4, -0.2) is 16.0 Å². The van der Waals surface area contributed by atoms with Crippen molar-refractivity contribution in [3.63, 3.8) is 0 Å². The van der Waals surface area contributed by atoms with E-state index in [9.17, 15) is 9.18 Å². The fourth-order valence-corrected chi connectivity index (χ4v) is 6.04. The van der Waals surface area contributed by atoms with Gasteiger partial charge in [0.15, 0.2) is 5.17 Å². The van der Waals surface area contributed by atoms with E-state index in [-0.39, 0.29) is 24.9 Å². The first kappa shape index (κ1) is 25.5. The van der Waals surface area contributed by atoms with Gasteiger partial charge in [0.2, 0.25) is 0 Å². The van der Waals surface area contributed by atoms with Crippen LogP contribution in [0.5, 0.6) is 5.75 Å². The molecular formula is C28H19Br2FN2O3S. The molecule has 0 unspecified atom stereocenters. The largest absolute Gasteiger partial charge is 0.487 e. The van der Waals surface area contributed by atoms with Gasteiger partial charge in [-0.2, -0.15) is 0 Å². The molecule has 1 aromatic heterocycles. The Morgan fingerprint density at radius 2 is 1.73 bits per heavy atom. The van der Waals surface area contributed by atoms with Gasteiger partial charge < -0.3 is 9.15 Å². The van der Waals surface area contributed by atoms with E-state index >= 15 is 0 Å². The average Bonchev–Trinajstić information content (AvgIpc) is 3.50. The van der Waals surface area contributed by atoms with E-state index < -0.39 is 0 Å². The Morgan fingerprint density at radius 3 is 2.41 bits per heavy atom. The molecule has 0 radical (unpaired) electrons. The lowest BCUT2D eigenvalue weighted by molar-refractivity contribution is -0.122. The Balaban J connectivity index is 1.40. The highest BCUT2D eigenvalue weighted by molar-refractivity contribution is 9.11. The van der Waals surface area contributed by atoms with E-state index in [1.54, 1.807) is 29.4 Å². The second kappa shape index (κ2) is 11.5. The van der Waals surface area contributed by atoms with Crippen molar-refractivity contribution in [2.45, 2.75) is 13.2 Å². The summed E-state index contributed by atoms with van der Waals surface area (Å²) < 4.78 is 26.0. The number of amides is 1. The van der Waals surface area contributed by atoms with Gasteiger partial charge in [-0.1, -0.05) is 30.3 Å². The van der Waals surface area contributed by atoms with Gasteiger partial charge in [-0.3, -0.25) is 9.69 Å². The number of furan rings is 1. The minimum Gasteiger partial charge on any atom is -0.487 e. The number of rotatable bonds is 7. The van der Waals surface area contributed by atoms with E-state index in [1.807, 2.05) is 54.6 Å². The molecule has 4 aromatic rings. The quantitative estimate of drug-likeness (QED) is 0.190. The van der Waals surface area contributed by atoms with Crippen LogP contribution in [0.25, 0.3) is 6.08 Å². The van der Waals surface area contributed by atoms with Gasteiger partial charge in [0.1, 0.15) is 23.9 Å². The normalized spacial score (nSPS) is 15.6. The predicted molar refractivity (Wildman–Crippen MR) is 151 cm³/mol. The molecule has 0 spiro atoms. The molecule has 1 fully saturated rings. The number of hydrogen-bond acceptors (Lipinski definition) is 5. The van der Waals surface area contributed by atoms with Crippen molar-refractivity contribution in [3.8, 4) is 5.75 Å². The molecule has 0 aliphatic carbocycles. The smallest absolute Gasteiger partial charge is 0.267 e. The first-order valence-electron chi connectivity index (χ1n) is 11.2. The third-order valence-corrected chi connectivity index (χ3v) is 7.56. The van der Waals surface area contributed by atoms with E-state index in [1.165, 1.54) is 23.9 Å². The summed E-state index contributed by atoms with van der Waals surface area (Å²) in [4.78, 5) is 20.3. The van der Waals surface area contributed by atoms with E-state index in [2.05, 4.69) is 31.9 Å². The number of hydrogen-bond donors (Lipinski definition) is 0. The van der Waals surface area contributed by atoms with Gasteiger partial charge in [-0.15, -0.1) is 0 Å². The number of aliphatic imine (C=N–C) groups is 1. The molecule has 1 amide bonds. The fraction of sp³-hybridized carbons (Fsp3) is 0.0714. The van der Waals surface area contributed by atoms with Crippen molar-refractivity contribution in [1.82, 2.24) is 4.90 Å². The zero-order chi connectivity index (χ0) is 25.8. The molecule has 37 heavy (non-hydrogen) atoms. The SMILES string of the molecule is O=C1/C(=C/c2cc(Br)c(OCc3ccc(F)cc3)c(Br)c2)SC(=Nc2ccccc2)N1Cc1ccco1. The Kier molecular flexibility index (Phi) is 7.93. The zero-order valence-electron chi connectivity index (χ0n) is 19.2. The highest BCUT2D eigenvalue weighted by Crippen LogP contribution is 2.39. The molecule has 1 aliphatic rings. The van der Waals surface area contributed by atoms with Crippen LogP contribution in [0.1, 0.15) is 16.9 Å².